The Morgan fingerprint density at radius 1 is 1.21 bits per heavy atom. The Bertz CT molecular complexity index is 419. The van der Waals surface area contributed by atoms with E-state index in [4.69, 9.17) is 10.5 Å². The van der Waals surface area contributed by atoms with Gasteiger partial charge in [0.25, 0.3) is 0 Å². The van der Waals surface area contributed by atoms with Crippen LogP contribution in [0.15, 0.2) is 24.3 Å². The molecule has 1 heterocycles. The molecule has 2 rings (SSSR count). The van der Waals surface area contributed by atoms with E-state index in [-0.39, 0.29) is 10.8 Å². The highest BCUT2D eigenvalue weighted by atomic mass is 16.5. The van der Waals surface area contributed by atoms with Crippen LogP contribution in [0.5, 0.6) is 0 Å². The molecular weight excluding hydrogens is 236 g/mol. The highest BCUT2D eigenvalue weighted by molar-refractivity contribution is 5.48. The molecule has 0 aliphatic carbocycles. The number of benzene rings is 1. The standard InChI is InChI=1S/C16H26N2O/c1-15(2,9-10-17)16(11-19-12-16)13-5-7-14(8-6-13)18(3)4/h5-8H,9-12,17H2,1-4H3. The Morgan fingerprint density at radius 2 is 1.79 bits per heavy atom. The maximum atomic E-state index is 5.78. The van der Waals surface area contributed by atoms with E-state index in [9.17, 15) is 0 Å². The highest BCUT2D eigenvalue weighted by Crippen LogP contribution is 2.49. The molecule has 3 nitrogen and oxygen atoms in total. The molecule has 19 heavy (non-hydrogen) atoms. The van der Waals surface area contributed by atoms with Crippen molar-refractivity contribution in [3.8, 4) is 0 Å². The highest BCUT2D eigenvalue weighted by Gasteiger charge is 2.51. The number of rotatable bonds is 5. The van der Waals surface area contributed by atoms with Crippen LogP contribution < -0.4 is 10.6 Å². The van der Waals surface area contributed by atoms with Crippen molar-refractivity contribution < 1.29 is 4.74 Å². The largest absolute Gasteiger partial charge is 0.379 e. The first-order valence-electron chi connectivity index (χ1n) is 6.99. The molecule has 1 saturated heterocycles. The molecule has 0 unspecified atom stereocenters. The van der Waals surface area contributed by atoms with Gasteiger partial charge in [-0.3, -0.25) is 0 Å². The van der Waals surface area contributed by atoms with Crippen molar-refractivity contribution in [2.45, 2.75) is 25.7 Å². The maximum Gasteiger partial charge on any atom is 0.0590 e. The molecule has 1 fully saturated rings. The molecule has 0 amide bonds. The number of ether oxygens (including phenoxy) is 1. The summed E-state index contributed by atoms with van der Waals surface area (Å²) >= 11 is 0. The van der Waals surface area contributed by atoms with Crippen LogP contribution >= 0.6 is 0 Å². The van der Waals surface area contributed by atoms with Gasteiger partial charge in [0.15, 0.2) is 0 Å². The number of nitrogens with zero attached hydrogens (tertiary/aromatic N) is 1. The first-order valence-corrected chi connectivity index (χ1v) is 6.99. The third kappa shape index (κ3) is 2.37. The van der Waals surface area contributed by atoms with E-state index in [0.29, 0.717) is 0 Å². The summed E-state index contributed by atoms with van der Waals surface area (Å²) in [6.07, 6.45) is 1.02. The fourth-order valence-electron chi connectivity index (χ4n) is 2.93. The average molecular weight is 262 g/mol. The minimum atomic E-state index is 0.122. The zero-order chi connectivity index (χ0) is 14.1. The molecule has 1 aromatic carbocycles. The molecule has 2 N–H and O–H groups in total. The second-order valence-electron chi connectivity index (χ2n) is 6.44. The summed E-state index contributed by atoms with van der Waals surface area (Å²) in [6, 6.07) is 8.87. The minimum Gasteiger partial charge on any atom is -0.379 e. The Labute approximate surface area is 116 Å². The lowest BCUT2D eigenvalue weighted by atomic mass is 9.59. The molecule has 3 heteroatoms. The van der Waals surface area contributed by atoms with Gasteiger partial charge in [0.2, 0.25) is 0 Å². The van der Waals surface area contributed by atoms with Crippen LogP contribution in [0.25, 0.3) is 0 Å². The Balaban J connectivity index is 2.31. The first-order chi connectivity index (χ1) is 8.93. The van der Waals surface area contributed by atoms with Gasteiger partial charge in [0.1, 0.15) is 0 Å². The molecule has 0 radical (unpaired) electrons. The molecule has 0 atom stereocenters. The molecule has 1 aliphatic heterocycles. The van der Waals surface area contributed by atoms with Crippen molar-refractivity contribution in [1.29, 1.82) is 0 Å². The van der Waals surface area contributed by atoms with Gasteiger partial charge in [-0.2, -0.15) is 0 Å². The normalized spacial score (nSPS) is 17.9. The Kier molecular flexibility index (Phi) is 3.88. The number of anilines is 1. The molecule has 1 aliphatic rings. The third-order valence-electron chi connectivity index (χ3n) is 4.70. The summed E-state index contributed by atoms with van der Waals surface area (Å²) in [5.41, 5.74) is 8.68. The van der Waals surface area contributed by atoms with Gasteiger partial charge >= 0.3 is 0 Å². The summed E-state index contributed by atoms with van der Waals surface area (Å²) in [7, 11) is 4.13. The molecule has 0 saturated carbocycles. The quantitative estimate of drug-likeness (QED) is 0.885. The van der Waals surface area contributed by atoms with E-state index in [0.717, 1.165) is 26.2 Å². The molecule has 106 valence electrons. The van der Waals surface area contributed by atoms with Crippen LogP contribution in [-0.2, 0) is 10.2 Å². The zero-order valence-electron chi connectivity index (χ0n) is 12.6. The summed E-state index contributed by atoms with van der Waals surface area (Å²) in [5.74, 6) is 0. The number of nitrogens with two attached hydrogens (primary N) is 1. The minimum absolute atomic E-state index is 0.122. The topological polar surface area (TPSA) is 38.5 Å². The van der Waals surface area contributed by atoms with Crippen LogP contribution in [-0.4, -0.2) is 33.9 Å². The van der Waals surface area contributed by atoms with Crippen LogP contribution in [0.1, 0.15) is 25.8 Å². The van der Waals surface area contributed by atoms with Crippen molar-refractivity contribution >= 4 is 5.69 Å². The van der Waals surface area contributed by atoms with Gasteiger partial charge in [0.05, 0.1) is 13.2 Å². The van der Waals surface area contributed by atoms with Crippen molar-refractivity contribution in [1.82, 2.24) is 0 Å². The predicted octanol–water partition coefficient (Wildman–Crippen LogP) is 2.40. The van der Waals surface area contributed by atoms with Crippen molar-refractivity contribution in [3.63, 3.8) is 0 Å². The summed E-state index contributed by atoms with van der Waals surface area (Å²) in [4.78, 5) is 2.12. The number of hydrogen-bond acceptors (Lipinski definition) is 3. The lowest BCUT2D eigenvalue weighted by Gasteiger charge is -2.53. The van der Waals surface area contributed by atoms with E-state index in [1.165, 1.54) is 11.3 Å². The van der Waals surface area contributed by atoms with Crippen molar-refractivity contribution in [2.75, 3.05) is 38.8 Å². The molecular formula is C16H26N2O. The number of hydrogen-bond donors (Lipinski definition) is 1. The van der Waals surface area contributed by atoms with E-state index in [1.54, 1.807) is 0 Å². The monoisotopic (exact) mass is 262 g/mol. The summed E-state index contributed by atoms with van der Waals surface area (Å²) in [6.45, 7) is 6.96. The first kappa shape index (κ1) is 14.4. The van der Waals surface area contributed by atoms with Crippen LogP contribution in [0.4, 0.5) is 5.69 Å². The lowest BCUT2D eigenvalue weighted by molar-refractivity contribution is -0.121. The van der Waals surface area contributed by atoms with E-state index >= 15 is 0 Å². The summed E-state index contributed by atoms with van der Waals surface area (Å²) in [5, 5.41) is 0. The zero-order valence-corrected chi connectivity index (χ0v) is 12.6. The van der Waals surface area contributed by atoms with Crippen molar-refractivity contribution in [2.24, 2.45) is 11.1 Å². The maximum absolute atomic E-state index is 5.78. The van der Waals surface area contributed by atoms with Crippen LogP contribution in [0.3, 0.4) is 0 Å². The summed E-state index contributed by atoms with van der Waals surface area (Å²) < 4.78 is 5.55. The second-order valence-corrected chi connectivity index (χ2v) is 6.44. The third-order valence-corrected chi connectivity index (χ3v) is 4.70. The van der Waals surface area contributed by atoms with Gasteiger partial charge < -0.3 is 15.4 Å². The molecule has 0 aromatic heterocycles. The second kappa shape index (κ2) is 5.14. The molecule has 0 bridgehead atoms. The van der Waals surface area contributed by atoms with E-state index in [2.05, 4.69) is 57.1 Å². The fraction of sp³-hybridized carbons (Fsp3) is 0.625. The van der Waals surface area contributed by atoms with Gasteiger partial charge in [-0.05, 0) is 36.1 Å². The van der Waals surface area contributed by atoms with Gasteiger partial charge in [-0.25, -0.2) is 0 Å². The lowest BCUT2D eigenvalue weighted by Crippen LogP contribution is -2.57. The van der Waals surface area contributed by atoms with E-state index in [1.807, 2.05) is 0 Å². The molecule has 0 spiro atoms. The fourth-order valence-corrected chi connectivity index (χ4v) is 2.93. The van der Waals surface area contributed by atoms with Crippen LogP contribution in [0.2, 0.25) is 0 Å². The van der Waals surface area contributed by atoms with Gasteiger partial charge in [0, 0.05) is 25.2 Å². The van der Waals surface area contributed by atoms with Gasteiger partial charge in [-0.1, -0.05) is 26.0 Å². The van der Waals surface area contributed by atoms with Gasteiger partial charge in [-0.15, -0.1) is 0 Å². The Hall–Kier alpha value is -1.06. The van der Waals surface area contributed by atoms with Crippen molar-refractivity contribution in [3.05, 3.63) is 29.8 Å². The van der Waals surface area contributed by atoms with E-state index < -0.39 is 0 Å². The smallest absolute Gasteiger partial charge is 0.0590 e. The SMILES string of the molecule is CN(C)c1ccc(C2(C(C)(C)CCN)COC2)cc1. The molecule has 1 aromatic rings. The Morgan fingerprint density at radius 3 is 2.16 bits per heavy atom. The van der Waals surface area contributed by atoms with Crippen LogP contribution in [0, 0.1) is 5.41 Å². The average Bonchev–Trinajstić information content (AvgIpc) is 2.27. The predicted molar refractivity (Wildman–Crippen MR) is 80.7 cm³/mol.